The molecule has 1 atom stereocenters. The van der Waals surface area contributed by atoms with Crippen molar-refractivity contribution in [3.8, 4) is 0 Å². The molecule has 0 aliphatic carbocycles. The molecule has 2 aromatic rings. The normalized spacial score (nSPS) is 12.6. The lowest BCUT2D eigenvalue weighted by Gasteiger charge is -2.14. The van der Waals surface area contributed by atoms with Gasteiger partial charge in [-0.25, -0.2) is 8.78 Å². The van der Waals surface area contributed by atoms with Crippen molar-refractivity contribution in [2.45, 2.75) is 19.5 Å². The summed E-state index contributed by atoms with van der Waals surface area (Å²) in [7, 11) is 0. The van der Waals surface area contributed by atoms with Gasteiger partial charge in [0.15, 0.2) is 0 Å². The largest absolute Gasteiger partial charge is 0.304 e. The van der Waals surface area contributed by atoms with Crippen molar-refractivity contribution >= 4 is 11.5 Å². The minimum atomic E-state index is -0.439. The lowest BCUT2D eigenvalue weighted by Crippen LogP contribution is -2.19. The fraction of sp³-hybridized carbons (Fsp3) is 0.273. The molecule has 0 saturated carbocycles. The number of hydrogen-bond donors (Lipinski definition) is 1. The van der Waals surface area contributed by atoms with Gasteiger partial charge < -0.3 is 5.32 Å². The summed E-state index contributed by atoms with van der Waals surface area (Å²) < 4.78 is 30.2. The Morgan fingerprint density at radius 2 is 2.24 bits per heavy atom. The first-order valence-electron chi connectivity index (χ1n) is 5.11. The maximum absolute atomic E-state index is 13.5. The van der Waals surface area contributed by atoms with Crippen LogP contribution in [0.4, 0.5) is 8.78 Å². The Hall–Kier alpha value is -1.40. The molecule has 1 unspecified atom stereocenters. The van der Waals surface area contributed by atoms with Gasteiger partial charge in [-0.1, -0.05) is 4.49 Å². The molecule has 0 aliphatic heterocycles. The summed E-state index contributed by atoms with van der Waals surface area (Å²) in [6.45, 7) is 2.26. The van der Waals surface area contributed by atoms with Crippen LogP contribution in [0.15, 0.2) is 23.6 Å². The van der Waals surface area contributed by atoms with Crippen LogP contribution in [0.3, 0.4) is 0 Å². The van der Waals surface area contributed by atoms with Gasteiger partial charge in [0.2, 0.25) is 0 Å². The molecule has 90 valence electrons. The molecule has 1 aromatic heterocycles. The summed E-state index contributed by atoms with van der Waals surface area (Å²) in [6.07, 6.45) is 0. The summed E-state index contributed by atoms with van der Waals surface area (Å²) in [6, 6.07) is 3.16. The first-order chi connectivity index (χ1) is 8.16. The highest BCUT2D eigenvalue weighted by molar-refractivity contribution is 7.03. The minimum absolute atomic E-state index is 0.285. The van der Waals surface area contributed by atoms with Gasteiger partial charge >= 0.3 is 0 Å². The predicted molar refractivity (Wildman–Crippen MR) is 61.5 cm³/mol. The second kappa shape index (κ2) is 5.29. The fourth-order valence-electron chi connectivity index (χ4n) is 1.48. The van der Waals surface area contributed by atoms with Crippen LogP contribution in [0.1, 0.15) is 24.2 Å². The Balaban J connectivity index is 2.04. The minimum Gasteiger partial charge on any atom is -0.304 e. The lowest BCUT2D eigenvalue weighted by atomic mass is 10.1. The van der Waals surface area contributed by atoms with Gasteiger partial charge in [-0.2, -0.15) is 0 Å². The van der Waals surface area contributed by atoms with E-state index in [1.807, 2.05) is 5.38 Å². The third kappa shape index (κ3) is 3.04. The fourth-order valence-corrected chi connectivity index (χ4v) is 1.93. The predicted octanol–water partition coefficient (Wildman–Crippen LogP) is 2.67. The highest BCUT2D eigenvalue weighted by Gasteiger charge is 2.11. The van der Waals surface area contributed by atoms with E-state index in [4.69, 9.17) is 0 Å². The van der Waals surface area contributed by atoms with E-state index in [1.165, 1.54) is 17.6 Å². The molecule has 0 fully saturated rings. The molecule has 0 radical (unpaired) electrons. The van der Waals surface area contributed by atoms with Crippen LogP contribution in [-0.2, 0) is 6.54 Å². The molecule has 1 N–H and O–H groups in total. The van der Waals surface area contributed by atoms with Crippen LogP contribution < -0.4 is 5.32 Å². The molecule has 17 heavy (non-hydrogen) atoms. The zero-order valence-electron chi connectivity index (χ0n) is 9.15. The summed E-state index contributed by atoms with van der Waals surface area (Å²) in [5.41, 5.74) is 1.10. The monoisotopic (exact) mass is 255 g/mol. The van der Waals surface area contributed by atoms with E-state index in [0.29, 0.717) is 12.1 Å². The number of rotatable bonds is 4. The van der Waals surface area contributed by atoms with Crippen molar-refractivity contribution in [3.63, 3.8) is 0 Å². The van der Waals surface area contributed by atoms with Gasteiger partial charge in [-0.15, -0.1) is 5.10 Å². The molecule has 1 aromatic carbocycles. The second-order valence-electron chi connectivity index (χ2n) is 3.66. The van der Waals surface area contributed by atoms with Crippen molar-refractivity contribution < 1.29 is 8.78 Å². The van der Waals surface area contributed by atoms with Gasteiger partial charge in [0.1, 0.15) is 11.6 Å². The Morgan fingerprint density at radius 1 is 1.41 bits per heavy atom. The molecule has 0 aliphatic rings. The highest BCUT2D eigenvalue weighted by Crippen LogP contribution is 2.18. The maximum Gasteiger partial charge on any atom is 0.128 e. The Labute approximate surface area is 102 Å². The number of hydrogen-bond acceptors (Lipinski definition) is 4. The summed E-state index contributed by atoms with van der Waals surface area (Å²) in [5, 5.41) is 8.73. The molecule has 6 heteroatoms. The van der Waals surface area contributed by atoms with Crippen molar-refractivity contribution in [1.29, 1.82) is 0 Å². The average molecular weight is 255 g/mol. The zero-order chi connectivity index (χ0) is 12.3. The SMILES string of the molecule is CC(NCc1csnn1)c1cc(F)ccc1F. The van der Waals surface area contributed by atoms with E-state index >= 15 is 0 Å². The smallest absolute Gasteiger partial charge is 0.128 e. The number of nitrogens with zero attached hydrogens (tertiary/aromatic N) is 2. The number of aromatic nitrogens is 2. The standard InChI is InChI=1S/C11H11F2N3S/c1-7(14-5-9-6-17-16-15-9)10-4-8(12)2-3-11(10)13/h2-4,6-7,14H,5H2,1H3. The molecule has 2 rings (SSSR count). The van der Waals surface area contributed by atoms with Crippen LogP contribution in [0.25, 0.3) is 0 Å². The van der Waals surface area contributed by atoms with Gasteiger partial charge in [0.05, 0.1) is 5.69 Å². The third-order valence-electron chi connectivity index (χ3n) is 2.42. The van der Waals surface area contributed by atoms with Crippen molar-refractivity contribution in [2.24, 2.45) is 0 Å². The zero-order valence-corrected chi connectivity index (χ0v) is 9.97. The summed E-state index contributed by atoms with van der Waals surface area (Å²) in [4.78, 5) is 0. The number of nitrogens with one attached hydrogen (secondary N) is 1. The van der Waals surface area contributed by atoms with Crippen LogP contribution in [0, 0.1) is 11.6 Å². The van der Waals surface area contributed by atoms with E-state index in [1.54, 1.807) is 6.92 Å². The molecule has 0 bridgehead atoms. The van der Waals surface area contributed by atoms with Crippen molar-refractivity contribution in [1.82, 2.24) is 14.9 Å². The third-order valence-corrected chi connectivity index (χ3v) is 2.97. The maximum atomic E-state index is 13.5. The van der Waals surface area contributed by atoms with Gasteiger partial charge in [0, 0.05) is 23.5 Å². The molecule has 1 heterocycles. The van der Waals surface area contributed by atoms with Crippen LogP contribution in [0.5, 0.6) is 0 Å². The first kappa shape index (κ1) is 12.1. The quantitative estimate of drug-likeness (QED) is 0.912. The average Bonchev–Trinajstić information content (AvgIpc) is 2.82. The van der Waals surface area contributed by atoms with Gasteiger partial charge in [-0.05, 0) is 36.7 Å². The van der Waals surface area contributed by atoms with Crippen LogP contribution in [0.2, 0.25) is 0 Å². The van der Waals surface area contributed by atoms with Crippen LogP contribution >= 0.6 is 11.5 Å². The second-order valence-corrected chi connectivity index (χ2v) is 4.27. The Kier molecular flexibility index (Phi) is 3.75. The van der Waals surface area contributed by atoms with Gasteiger partial charge in [0.25, 0.3) is 0 Å². The summed E-state index contributed by atoms with van der Waals surface area (Å²) in [5.74, 6) is -0.854. The number of benzene rings is 1. The first-order valence-corrected chi connectivity index (χ1v) is 5.94. The van der Waals surface area contributed by atoms with Crippen molar-refractivity contribution in [3.05, 3.63) is 46.5 Å². The number of halogens is 2. The Bertz CT molecular complexity index is 487. The lowest BCUT2D eigenvalue weighted by molar-refractivity contribution is 0.515. The van der Waals surface area contributed by atoms with Crippen molar-refractivity contribution in [2.75, 3.05) is 0 Å². The molecular formula is C11H11F2N3S. The molecule has 0 spiro atoms. The van der Waals surface area contributed by atoms with Gasteiger partial charge in [-0.3, -0.25) is 0 Å². The van der Waals surface area contributed by atoms with E-state index < -0.39 is 11.6 Å². The molecule has 0 saturated heterocycles. The summed E-state index contributed by atoms with van der Waals surface area (Å²) >= 11 is 1.26. The Morgan fingerprint density at radius 3 is 2.94 bits per heavy atom. The topological polar surface area (TPSA) is 37.8 Å². The molecule has 0 amide bonds. The molecule has 3 nitrogen and oxygen atoms in total. The highest BCUT2D eigenvalue weighted by atomic mass is 32.1. The van der Waals surface area contributed by atoms with E-state index in [0.717, 1.165) is 17.8 Å². The molecular weight excluding hydrogens is 244 g/mol. The van der Waals surface area contributed by atoms with Crippen LogP contribution in [-0.4, -0.2) is 9.59 Å². The van der Waals surface area contributed by atoms with E-state index in [9.17, 15) is 8.78 Å². The van der Waals surface area contributed by atoms with E-state index in [2.05, 4.69) is 14.9 Å². The van der Waals surface area contributed by atoms with E-state index in [-0.39, 0.29) is 6.04 Å².